The van der Waals surface area contributed by atoms with Gasteiger partial charge in [0.1, 0.15) is 0 Å². The molecule has 0 amide bonds. The summed E-state index contributed by atoms with van der Waals surface area (Å²) in [5.74, 6) is 0.811. The number of nitrogens with one attached hydrogen (secondary N) is 1. The first-order valence-electron chi connectivity index (χ1n) is 6.35. The van der Waals surface area contributed by atoms with Crippen molar-refractivity contribution in [2.75, 3.05) is 6.54 Å². The van der Waals surface area contributed by atoms with Crippen LogP contribution >= 0.6 is 0 Å². The van der Waals surface area contributed by atoms with Crippen LogP contribution in [0.25, 0.3) is 0 Å². The highest BCUT2D eigenvalue weighted by atomic mass is 15.3. The van der Waals surface area contributed by atoms with Gasteiger partial charge < -0.3 is 5.32 Å². The van der Waals surface area contributed by atoms with E-state index in [1.165, 1.54) is 24.1 Å². The van der Waals surface area contributed by atoms with Crippen molar-refractivity contribution in [1.29, 1.82) is 0 Å². The normalized spacial score (nSPS) is 11.3. The lowest BCUT2D eigenvalue weighted by atomic mass is 10.1. The summed E-state index contributed by atoms with van der Waals surface area (Å²) in [4.78, 5) is 0. The quantitative estimate of drug-likeness (QED) is 0.720. The average molecular weight is 223 g/mol. The van der Waals surface area contributed by atoms with Crippen molar-refractivity contribution < 1.29 is 0 Å². The van der Waals surface area contributed by atoms with E-state index in [-0.39, 0.29) is 0 Å². The van der Waals surface area contributed by atoms with Crippen LogP contribution in [0.4, 0.5) is 0 Å². The summed E-state index contributed by atoms with van der Waals surface area (Å²) < 4.78 is 1.91. The molecule has 1 N–H and O–H groups in total. The van der Waals surface area contributed by atoms with E-state index in [0.29, 0.717) is 0 Å². The molecule has 0 saturated heterocycles. The smallest absolute Gasteiger partial charge is 0.0666 e. The SMILES string of the molecule is CCc1nn(C)cc1CNCCCC(C)C. The molecular weight excluding hydrogens is 198 g/mol. The molecule has 3 heteroatoms. The minimum absolute atomic E-state index is 0.811. The molecule has 0 aliphatic heterocycles. The van der Waals surface area contributed by atoms with E-state index >= 15 is 0 Å². The standard InChI is InChI=1S/C13H25N3/c1-5-13-12(10-16(4)15-13)9-14-8-6-7-11(2)3/h10-11,14H,5-9H2,1-4H3. The Kier molecular flexibility index (Phi) is 5.53. The Morgan fingerprint density at radius 2 is 2.19 bits per heavy atom. The van der Waals surface area contributed by atoms with E-state index in [0.717, 1.165) is 25.4 Å². The van der Waals surface area contributed by atoms with E-state index in [2.05, 4.69) is 37.4 Å². The zero-order valence-corrected chi connectivity index (χ0v) is 11.1. The van der Waals surface area contributed by atoms with Gasteiger partial charge in [-0.15, -0.1) is 0 Å². The third-order valence-electron chi connectivity index (χ3n) is 2.78. The van der Waals surface area contributed by atoms with Crippen LogP contribution in [0.5, 0.6) is 0 Å². The molecule has 0 unspecified atom stereocenters. The highest BCUT2D eigenvalue weighted by Crippen LogP contribution is 2.07. The average Bonchev–Trinajstić information content (AvgIpc) is 2.58. The molecule has 0 atom stereocenters. The van der Waals surface area contributed by atoms with Crippen LogP contribution in [-0.4, -0.2) is 16.3 Å². The second-order valence-corrected chi connectivity index (χ2v) is 4.84. The van der Waals surface area contributed by atoms with Crippen LogP contribution in [0.15, 0.2) is 6.20 Å². The van der Waals surface area contributed by atoms with Gasteiger partial charge in [-0.25, -0.2) is 0 Å². The predicted molar refractivity (Wildman–Crippen MR) is 68.4 cm³/mol. The van der Waals surface area contributed by atoms with Gasteiger partial charge >= 0.3 is 0 Å². The minimum Gasteiger partial charge on any atom is -0.313 e. The van der Waals surface area contributed by atoms with Crippen LogP contribution in [-0.2, 0) is 20.0 Å². The molecule has 1 aromatic rings. The second kappa shape index (κ2) is 6.69. The topological polar surface area (TPSA) is 29.9 Å². The van der Waals surface area contributed by atoms with Crippen LogP contribution in [0, 0.1) is 5.92 Å². The molecule has 0 radical (unpaired) electrons. The Hall–Kier alpha value is -0.830. The van der Waals surface area contributed by atoms with E-state index in [1.807, 2.05) is 11.7 Å². The molecule has 3 nitrogen and oxygen atoms in total. The maximum atomic E-state index is 4.43. The van der Waals surface area contributed by atoms with Crippen LogP contribution in [0.2, 0.25) is 0 Å². The van der Waals surface area contributed by atoms with Gasteiger partial charge in [-0.05, 0) is 31.7 Å². The number of nitrogens with zero attached hydrogens (tertiary/aromatic N) is 2. The Morgan fingerprint density at radius 1 is 1.44 bits per heavy atom. The van der Waals surface area contributed by atoms with Crippen molar-refractivity contribution in [2.24, 2.45) is 13.0 Å². The van der Waals surface area contributed by atoms with Crippen LogP contribution < -0.4 is 5.32 Å². The highest BCUT2D eigenvalue weighted by Gasteiger charge is 2.04. The lowest BCUT2D eigenvalue weighted by Crippen LogP contribution is -2.15. The minimum atomic E-state index is 0.811. The fraction of sp³-hybridized carbons (Fsp3) is 0.769. The summed E-state index contributed by atoms with van der Waals surface area (Å²) in [6, 6.07) is 0. The Bertz CT molecular complexity index is 302. The van der Waals surface area contributed by atoms with Crippen molar-refractivity contribution in [3.8, 4) is 0 Å². The zero-order chi connectivity index (χ0) is 12.0. The molecule has 0 aliphatic carbocycles. The molecular formula is C13H25N3. The molecule has 0 aromatic carbocycles. The molecule has 1 heterocycles. The number of aryl methyl sites for hydroxylation is 2. The molecule has 0 aliphatic rings. The largest absolute Gasteiger partial charge is 0.313 e. The summed E-state index contributed by atoms with van der Waals surface area (Å²) in [6.07, 6.45) is 5.71. The number of rotatable bonds is 7. The molecule has 0 saturated carbocycles. The van der Waals surface area contributed by atoms with Gasteiger partial charge in [0.25, 0.3) is 0 Å². The van der Waals surface area contributed by atoms with Gasteiger partial charge in [0, 0.05) is 25.4 Å². The monoisotopic (exact) mass is 223 g/mol. The van der Waals surface area contributed by atoms with Crippen LogP contribution in [0.1, 0.15) is 44.9 Å². The number of hydrogen-bond acceptors (Lipinski definition) is 2. The second-order valence-electron chi connectivity index (χ2n) is 4.84. The van der Waals surface area contributed by atoms with Crippen molar-refractivity contribution in [3.63, 3.8) is 0 Å². The lowest BCUT2D eigenvalue weighted by Gasteiger charge is -2.06. The van der Waals surface area contributed by atoms with Gasteiger partial charge in [0.2, 0.25) is 0 Å². The van der Waals surface area contributed by atoms with E-state index in [1.54, 1.807) is 0 Å². The van der Waals surface area contributed by atoms with Gasteiger partial charge in [-0.1, -0.05) is 20.8 Å². The van der Waals surface area contributed by atoms with Gasteiger partial charge in [-0.2, -0.15) is 5.10 Å². The molecule has 1 aromatic heterocycles. The highest BCUT2D eigenvalue weighted by molar-refractivity contribution is 5.16. The molecule has 16 heavy (non-hydrogen) atoms. The third kappa shape index (κ3) is 4.35. The van der Waals surface area contributed by atoms with Crippen LogP contribution in [0.3, 0.4) is 0 Å². The van der Waals surface area contributed by atoms with E-state index in [9.17, 15) is 0 Å². The first kappa shape index (κ1) is 13.2. The molecule has 0 fully saturated rings. The third-order valence-corrected chi connectivity index (χ3v) is 2.78. The van der Waals surface area contributed by atoms with Crippen molar-refractivity contribution in [3.05, 3.63) is 17.5 Å². The molecule has 0 bridgehead atoms. The fourth-order valence-corrected chi connectivity index (χ4v) is 1.89. The molecule has 1 rings (SSSR count). The molecule has 0 spiro atoms. The maximum absolute atomic E-state index is 4.43. The Labute approximate surface area is 99.2 Å². The fourth-order valence-electron chi connectivity index (χ4n) is 1.89. The Morgan fingerprint density at radius 3 is 2.81 bits per heavy atom. The zero-order valence-electron chi connectivity index (χ0n) is 11.1. The van der Waals surface area contributed by atoms with Gasteiger partial charge in [0.15, 0.2) is 0 Å². The summed E-state index contributed by atoms with van der Waals surface area (Å²) in [6.45, 7) is 8.77. The molecule has 92 valence electrons. The summed E-state index contributed by atoms with van der Waals surface area (Å²) in [5.41, 5.74) is 2.56. The van der Waals surface area contributed by atoms with Crippen molar-refractivity contribution in [2.45, 2.75) is 46.6 Å². The van der Waals surface area contributed by atoms with Gasteiger partial charge in [-0.3, -0.25) is 4.68 Å². The van der Waals surface area contributed by atoms with Crippen molar-refractivity contribution in [1.82, 2.24) is 15.1 Å². The van der Waals surface area contributed by atoms with Crippen molar-refractivity contribution >= 4 is 0 Å². The van der Waals surface area contributed by atoms with E-state index in [4.69, 9.17) is 0 Å². The lowest BCUT2D eigenvalue weighted by molar-refractivity contribution is 0.527. The first-order valence-corrected chi connectivity index (χ1v) is 6.35. The number of hydrogen-bond donors (Lipinski definition) is 1. The maximum Gasteiger partial charge on any atom is 0.0666 e. The Balaban J connectivity index is 2.26. The van der Waals surface area contributed by atoms with E-state index < -0.39 is 0 Å². The first-order chi connectivity index (χ1) is 7.63. The summed E-state index contributed by atoms with van der Waals surface area (Å²) in [5, 5.41) is 7.92. The number of aromatic nitrogens is 2. The summed E-state index contributed by atoms with van der Waals surface area (Å²) in [7, 11) is 1.99. The summed E-state index contributed by atoms with van der Waals surface area (Å²) >= 11 is 0. The van der Waals surface area contributed by atoms with Gasteiger partial charge in [0.05, 0.1) is 5.69 Å². The predicted octanol–water partition coefficient (Wildman–Crippen LogP) is 2.51.